The highest BCUT2D eigenvalue weighted by Crippen LogP contribution is 2.28. The van der Waals surface area contributed by atoms with Gasteiger partial charge in [0.05, 0.1) is 11.6 Å². The van der Waals surface area contributed by atoms with E-state index in [1.165, 1.54) is 6.07 Å². The van der Waals surface area contributed by atoms with Gasteiger partial charge in [-0.25, -0.2) is 9.59 Å². The Balaban J connectivity index is 1.93. The number of hydrogen-bond acceptors (Lipinski definition) is 4. The van der Waals surface area contributed by atoms with Gasteiger partial charge in [0.15, 0.2) is 6.10 Å². The lowest BCUT2D eigenvalue weighted by Crippen LogP contribution is -2.48. The molecule has 0 bridgehead atoms. The second-order valence-corrected chi connectivity index (χ2v) is 7.95. The summed E-state index contributed by atoms with van der Waals surface area (Å²) in [5, 5.41) is 32.0. The predicted octanol–water partition coefficient (Wildman–Crippen LogP) is 3.80. The molecule has 0 fully saturated rings. The van der Waals surface area contributed by atoms with Gasteiger partial charge in [-0.3, -0.25) is 4.79 Å². The molecule has 8 heteroatoms. The fourth-order valence-electron chi connectivity index (χ4n) is 3.52. The number of aliphatic hydroxyl groups is 1. The van der Waals surface area contributed by atoms with Crippen LogP contribution in [0.15, 0.2) is 66.7 Å². The number of amides is 1. The van der Waals surface area contributed by atoms with Crippen LogP contribution in [0.4, 0.5) is 0 Å². The van der Waals surface area contributed by atoms with E-state index in [2.05, 4.69) is 5.32 Å². The van der Waals surface area contributed by atoms with Crippen molar-refractivity contribution in [2.24, 2.45) is 0 Å². The van der Waals surface area contributed by atoms with Crippen molar-refractivity contribution in [3.63, 3.8) is 0 Å². The summed E-state index contributed by atoms with van der Waals surface area (Å²) in [6.07, 6.45) is -1.86. The van der Waals surface area contributed by atoms with Crippen molar-refractivity contribution in [2.45, 2.75) is 25.5 Å². The summed E-state index contributed by atoms with van der Waals surface area (Å²) in [6, 6.07) is 16.8. The second-order valence-electron chi connectivity index (χ2n) is 7.54. The highest BCUT2D eigenvalue weighted by Gasteiger charge is 2.28. The van der Waals surface area contributed by atoms with Gasteiger partial charge in [0, 0.05) is 10.6 Å². The average Bonchev–Trinajstić information content (AvgIpc) is 2.79. The molecule has 0 unspecified atom stereocenters. The molecule has 2 atom stereocenters. The largest absolute Gasteiger partial charge is 0.479 e. The number of benzene rings is 3. The zero-order valence-corrected chi connectivity index (χ0v) is 18.4. The van der Waals surface area contributed by atoms with Crippen molar-refractivity contribution >= 4 is 29.4 Å². The minimum Gasteiger partial charge on any atom is -0.479 e. The van der Waals surface area contributed by atoms with Gasteiger partial charge in [0.1, 0.15) is 0 Å². The lowest BCUT2D eigenvalue weighted by atomic mass is 9.94. The normalized spacial score (nSPS) is 12.6. The summed E-state index contributed by atoms with van der Waals surface area (Å²) < 4.78 is 0. The van der Waals surface area contributed by atoms with Crippen molar-refractivity contribution in [1.82, 2.24) is 5.32 Å². The van der Waals surface area contributed by atoms with Gasteiger partial charge in [-0.15, -0.1) is 0 Å². The summed E-state index contributed by atoms with van der Waals surface area (Å²) in [7, 11) is 0. The summed E-state index contributed by atoms with van der Waals surface area (Å²) in [6.45, 7) is 1.80. The van der Waals surface area contributed by atoms with Crippen molar-refractivity contribution in [3.05, 3.63) is 94.0 Å². The smallest absolute Gasteiger partial charge is 0.336 e. The number of aromatic carboxylic acids is 1. The third kappa shape index (κ3) is 5.58. The van der Waals surface area contributed by atoms with E-state index in [1.807, 2.05) is 0 Å². The molecular weight excluding hydrogens is 446 g/mol. The summed E-state index contributed by atoms with van der Waals surface area (Å²) in [4.78, 5) is 36.1. The molecule has 3 rings (SSSR count). The first-order valence-corrected chi connectivity index (χ1v) is 10.4. The molecule has 0 saturated heterocycles. The Bertz CT molecular complexity index is 1210. The molecule has 7 nitrogen and oxygen atoms in total. The van der Waals surface area contributed by atoms with E-state index >= 15 is 0 Å². The van der Waals surface area contributed by atoms with Crippen LogP contribution in [-0.2, 0) is 11.2 Å². The van der Waals surface area contributed by atoms with Crippen LogP contribution in [-0.4, -0.2) is 45.3 Å². The molecule has 4 N–H and O–H groups in total. The second kappa shape index (κ2) is 10.3. The van der Waals surface area contributed by atoms with Crippen LogP contribution in [0.25, 0.3) is 11.1 Å². The first-order chi connectivity index (χ1) is 15.7. The van der Waals surface area contributed by atoms with E-state index in [1.54, 1.807) is 67.6 Å². The highest BCUT2D eigenvalue weighted by atomic mass is 35.5. The molecule has 3 aromatic carbocycles. The molecule has 0 aliphatic rings. The molecule has 0 spiro atoms. The number of aryl methyl sites for hydroxylation is 1. The predicted molar refractivity (Wildman–Crippen MR) is 124 cm³/mol. The Labute approximate surface area is 195 Å². The Morgan fingerprint density at radius 3 is 2.27 bits per heavy atom. The van der Waals surface area contributed by atoms with Gasteiger partial charge in [-0.2, -0.15) is 0 Å². The lowest BCUT2D eigenvalue weighted by molar-refractivity contribution is -0.148. The Morgan fingerprint density at radius 2 is 1.61 bits per heavy atom. The van der Waals surface area contributed by atoms with Crippen LogP contribution in [0.2, 0.25) is 5.02 Å². The van der Waals surface area contributed by atoms with Crippen LogP contribution in [0.5, 0.6) is 0 Å². The molecule has 0 aromatic heterocycles. The monoisotopic (exact) mass is 467 g/mol. The van der Waals surface area contributed by atoms with Gasteiger partial charge >= 0.3 is 11.9 Å². The van der Waals surface area contributed by atoms with Crippen LogP contribution < -0.4 is 5.32 Å². The number of hydrogen-bond donors (Lipinski definition) is 4. The van der Waals surface area contributed by atoms with E-state index < -0.39 is 30.0 Å². The molecule has 33 heavy (non-hydrogen) atoms. The van der Waals surface area contributed by atoms with Gasteiger partial charge in [-0.05, 0) is 59.9 Å². The Kier molecular flexibility index (Phi) is 7.48. The fraction of sp³-hybridized carbons (Fsp3) is 0.160. The minimum absolute atomic E-state index is 0.000549. The maximum absolute atomic E-state index is 13.0. The molecule has 0 saturated carbocycles. The first kappa shape index (κ1) is 24.0. The number of rotatable bonds is 8. The van der Waals surface area contributed by atoms with Gasteiger partial charge < -0.3 is 20.6 Å². The minimum atomic E-state index is -1.86. The van der Waals surface area contributed by atoms with Gasteiger partial charge in [-0.1, -0.05) is 54.1 Å². The van der Waals surface area contributed by atoms with Crippen LogP contribution in [0, 0.1) is 6.92 Å². The standard InChI is InChI=1S/C25H22ClNO6/c1-14-10-11-16(12-19(14)17-7-3-4-8-18(17)24(30)31)23(29)27-21(22(28)25(32)33)13-15-6-2-5-9-20(15)26/h2-12,21-22,28H,13H2,1H3,(H,27,29)(H,30,31)(H,32,33)/t21-,22+/m1/s1. The van der Waals surface area contributed by atoms with Crippen LogP contribution in [0.1, 0.15) is 31.8 Å². The third-order valence-electron chi connectivity index (χ3n) is 5.30. The number of carbonyl (C=O) groups excluding carboxylic acids is 1. The first-order valence-electron chi connectivity index (χ1n) is 10.1. The van der Waals surface area contributed by atoms with Crippen molar-refractivity contribution in [3.8, 4) is 11.1 Å². The molecular formula is C25H22ClNO6. The topological polar surface area (TPSA) is 124 Å². The lowest BCUT2D eigenvalue weighted by Gasteiger charge is -2.22. The molecule has 0 radical (unpaired) electrons. The summed E-state index contributed by atoms with van der Waals surface area (Å²) in [5.74, 6) is -3.18. The van der Waals surface area contributed by atoms with E-state index in [0.717, 1.165) is 5.56 Å². The quantitative estimate of drug-likeness (QED) is 0.399. The Hall–Kier alpha value is -3.68. The van der Waals surface area contributed by atoms with Crippen molar-refractivity contribution in [1.29, 1.82) is 0 Å². The van der Waals surface area contributed by atoms with Crippen molar-refractivity contribution in [2.75, 3.05) is 0 Å². The number of nitrogens with one attached hydrogen (secondary N) is 1. The highest BCUT2D eigenvalue weighted by molar-refractivity contribution is 6.31. The summed E-state index contributed by atoms with van der Waals surface area (Å²) >= 11 is 6.16. The molecule has 0 heterocycles. The van der Waals surface area contributed by atoms with Gasteiger partial charge in [0.25, 0.3) is 5.91 Å². The average molecular weight is 468 g/mol. The fourth-order valence-corrected chi connectivity index (χ4v) is 3.74. The summed E-state index contributed by atoms with van der Waals surface area (Å²) in [5.41, 5.74) is 2.63. The number of carbonyl (C=O) groups is 3. The van der Waals surface area contributed by atoms with E-state index in [4.69, 9.17) is 11.6 Å². The number of aliphatic carboxylic acids is 1. The molecule has 0 aliphatic heterocycles. The van der Waals surface area contributed by atoms with E-state index in [9.17, 15) is 29.7 Å². The van der Waals surface area contributed by atoms with Crippen molar-refractivity contribution < 1.29 is 29.7 Å². The molecule has 0 aliphatic carbocycles. The van der Waals surface area contributed by atoms with E-state index in [0.29, 0.717) is 21.7 Å². The number of carboxylic acid groups (broad SMARTS) is 2. The maximum atomic E-state index is 13.0. The van der Waals surface area contributed by atoms with E-state index in [-0.39, 0.29) is 17.5 Å². The molecule has 3 aromatic rings. The third-order valence-corrected chi connectivity index (χ3v) is 5.66. The molecule has 1 amide bonds. The number of halogens is 1. The zero-order valence-electron chi connectivity index (χ0n) is 17.7. The maximum Gasteiger partial charge on any atom is 0.336 e. The number of carboxylic acids is 2. The van der Waals surface area contributed by atoms with Crippen LogP contribution >= 0.6 is 11.6 Å². The number of aliphatic hydroxyl groups excluding tert-OH is 1. The van der Waals surface area contributed by atoms with Gasteiger partial charge in [0.2, 0.25) is 0 Å². The SMILES string of the molecule is Cc1ccc(C(=O)N[C@H](Cc2ccccc2Cl)[C@H](O)C(=O)O)cc1-c1ccccc1C(=O)O. The Morgan fingerprint density at radius 1 is 0.939 bits per heavy atom. The van der Waals surface area contributed by atoms with Crippen LogP contribution in [0.3, 0.4) is 0 Å². The molecule has 170 valence electrons. The zero-order chi connectivity index (χ0) is 24.1.